The van der Waals surface area contributed by atoms with Gasteiger partial charge in [-0.15, -0.1) is 0 Å². The van der Waals surface area contributed by atoms with E-state index in [1.807, 2.05) is 48.5 Å². The Kier molecular flexibility index (Phi) is 5.61. The van der Waals surface area contributed by atoms with Crippen LogP contribution in [0.4, 0.5) is 0 Å². The minimum absolute atomic E-state index is 0.0457. The van der Waals surface area contributed by atoms with Crippen LogP contribution in [0.15, 0.2) is 72.8 Å². The van der Waals surface area contributed by atoms with Crippen molar-refractivity contribution in [1.82, 2.24) is 0 Å². The molecule has 0 spiro atoms. The molecule has 0 radical (unpaired) electrons. The fourth-order valence-corrected chi connectivity index (χ4v) is 2.83. The summed E-state index contributed by atoms with van der Waals surface area (Å²) in [5, 5.41) is 0. The van der Waals surface area contributed by atoms with Crippen LogP contribution < -0.4 is 9.47 Å². The van der Waals surface area contributed by atoms with Gasteiger partial charge in [-0.25, -0.2) is 0 Å². The number of rotatable bonds is 4. The standard InChI is InChI=1S/C24H22O2/c1-18-9-12-20(13-10-18)22(15-11-19-7-5-4-6-8-19)21-14-16-23(25-2)24(17-21)26-3/h4-10,12-14,16-17,22H,1-3H3. The van der Waals surface area contributed by atoms with Gasteiger partial charge in [0.25, 0.3) is 0 Å². The van der Waals surface area contributed by atoms with E-state index in [2.05, 4.69) is 43.0 Å². The van der Waals surface area contributed by atoms with Crippen molar-refractivity contribution in [2.75, 3.05) is 14.2 Å². The maximum atomic E-state index is 5.47. The van der Waals surface area contributed by atoms with E-state index >= 15 is 0 Å². The molecular weight excluding hydrogens is 320 g/mol. The monoisotopic (exact) mass is 342 g/mol. The van der Waals surface area contributed by atoms with Crippen LogP contribution in [0.3, 0.4) is 0 Å². The Balaban J connectivity index is 2.06. The summed E-state index contributed by atoms with van der Waals surface area (Å²) in [5.41, 5.74) is 4.47. The second kappa shape index (κ2) is 8.27. The molecule has 0 N–H and O–H groups in total. The van der Waals surface area contributed by atoms with E-state index in [9.17, 15) is 0 Å². The normalized spacial score (nSPS) is 11.2. The number of benzene rings is 3. The number of hydrogen-bond donors (Lipinski definition) is 0. The largest absolute Gasteiger partial charge is 0.493 e. The molecule has 0 heterocycles. The summed E-state index contributed by atoms with van der Waals surface area (Å²) in [5.74, 6) is 8.11. The third-order valence-corrected chi connectivity index (χ3v) is 4.29. The fourth-order valence-electron chi connectivity index (χ4n) is 2.83. The Morgan fingerprint density at radius 3 is 2.04 bits per heavy atom. The maximum Gasteiger partial charge on any atom is 0.161 e. The summed E-state index contributed by atoms with van der Waals surface area (Å²) in [6.45, 7) is 2.09. The van der Waals surface area contributed by atoms with E-state index < -0.39 is 0 Å². The fraction of sp³-hybridized carbons (Fsp3) is 0.167. The number of hydrogen-bond acceptors (Lipinski definition) is 2. The van der Waals surface area contributed by atoms with Crippen molar-refractivity contribution in [2.24, 2.45) is 0 Å². The molecule has 0 saturated carbocycles. The van der Waals surface area contributed by atoms with Gasteiger partial charge in [0.2, 0.25) is 0 Å². The van der Waals surface area contributed by atoms with Crippen molar-refractivity contribution in [3.8, 4) is 23.3 Å². The molecule has 0 aliphatic heterocycles. The quantitative estimate of drug-likeness (QED) is 0.607. The molecule has 2 nitrogen and oxygen atoms in total. The first-order valence-corrected chi connectivity index (χ1v) is 8.56. The highest BCUT2D eigenvalue weighted by Gasteiger charge is 2.14. The highest BCUT2D eigenvalue weighted by molar-refractivity contribution is 5.50. The van der Waals surface area contributed by atoms with Gasteiger partial charge in [0.15, 0.2) is 11.5 Å². The zero-order valence-corrected chi connectivity index (χ0v) is 15.3. The molecule has 0 aliphatic carbocycles. The van der Waals surface area contributed by atoms with E-state index in [0.29, 0.717) is 5.75 Å². The number of aryl methyl sites for hydroxylation is 1. The van der Waals surface area contributed by atoms with E-state index in [-0.39, 0.29) is 5.92 Å². The molecule has 0 bridgehead atoms. The molecule has 2 heteroatoms. The topological polar surface area (TPSA) is 18.5 Å². The predicted octanol–water partition coefficient (Wildman–Crippen LogP) is 5.20. The Morgan fingerprint density at radius 2 is 1.38 bits per heavy atom. The lowest BCUT2D eigenvalue weighted by molar-refractivity contribution is 0.354. The zero-order chi connectivity index (χ0) is 18.4. The minimum atomic E-state index is -0.0457. The first-order chi connectivity index (χ1) is 12.7. The van der Waals surface area contributed by atoms with Crippen molar-refractivity contribution in [2.45, 2.75) is 12.8 Å². The van der Waals surface area contributed by atoms with Gasteiger partial charge in [0.05, 0.1) is 20.1 Å². The van der Waals surface area contributed by atoms with Crippen LogP contribution in [0.25, 0.3) is 0 Å². The van der Waals surface area contributed by atoms with Crippen LogP contribution >= 0.6 is 0 Å². The lowest BCUT2D eigenvalue weighted by atomic mass is 9.90. The van der Waals surface area contributed by atoms with Crippen LogP contribution in [0.5, 0.6) is 11.5 Å². The smallest absolute Gasteiger partial charge is 0.161 e. The van der Waals surface area contributed by atoms with Gasteiger partial charge in [-0.2, -0.15) is 0 Å². The average Bonchev–Trinajstić information content (AvgIpc) is 2.70. The van der Waals surface area contributed by atoms with Crippen molar-refractivity contribution in [3.63, 3.8) is 0 Å². The van der Waals surface area contributed by atoms with Crippen LogP contribution in [-0.4, -0.2) is 14.2 Å². The van der Waals surface area contributed by atoms with Gasteiger partial charge >= 0.3 is 0 Å². The Morgan fingerprint density at radius 1 is 0.731 bits per heavy atom. The SMILES string of the molecule is COc1ccc(C(C#Cc2ccccc2)c2ccc(C)cc2)cc1OC. The third-order valence-electron chi connectivity index (χ3n) is 4.29. The Hall–Kier alpha value is -3.18. The van der Waals surface area contributed by atoms with Crippen molar-refractivity contribution < 1.29 is 9.47 Å². The molecule has 3 rings (SSSR count). The molecule has 3 aromatic rings. The second-order valence-corrected chi connectivity index (χ2v) is 6.09. The van der Waals surface area contributed by atoms with Gasteiger partial charge in [0.1, 0.15) is 0 Å². The molecule has 1 unspecified atom stereocenters. The van der Waals surface area contributed by atoms with E-state index in [1.54, 1.807) is 14.2 Å². The molecule has 1 atom stereocenters. The molecule has 0 aliphatic rings. The number of ether oxygens (including phenoxy) is 2. The van der Waals surface area contributed by atoms with Gasteiger partial charge in [-0.05, 0) is 42.3 Å². The van der Waals surface area contributed by atoms with Crippen LogP contribution in [0.1, 0.15) is 28.2 Å². The van der Waals surface area contributed by atoms with E-state index in [4.69, 9.17) is 9.47 Å². The molecule has 26 heavy (non-hydrogen) atoms. The highest BCUT2D eigenvalue weighted by Crippen LogP contribution is 2.33. The summed E-state index contributed by atoms with van der Waals surface area (Å²) < 4.78 is 10.8. The molecule has 3 aromatic carbocycles. The van der Waals surface area contributed by atoms with Gasteiger partial charge in [-0.3, -0.25) is 0 Å². The first kappa shape index (κ1) is 17.6. The van der Waals surface area contributed by atoms with Crippen LogP contribution in [-0.2, 0) is 0 Å². The van der Waals surface area contributed by atoms with E-state index in [0.717, 1.165) is 22.4 Å². The number of methoxy groups -OCH3 is 2. The highest BCUT2D eigenvalue weighted by atomic mass is 16.5. The van der Waals surface area contributed by atoms with Crippen molar-refractivity contribution in [3.05, 3.63) is 95.1 Å². The molecular formula is C24H22O2. The molecule has 130 valence electrons. The summed E-state index contributed by atoms with van der Waals surface area (Å²) in [4.78, 5) is 0. The molecule has 0 amide bonds. The van der Waals surface area contributed by atoms with Crippen LogP contribution in [0, 0.1) is 18.8 Å². The lowest BCUT2D eigenvalue weighted by Crippen LogP contribution is -2.00. The molecule has 0 aromatic heterocycles. The van der Waals surface area contributed by atoms with E-state index in [1.165, 1.54) is 5.56 Å². The third kappa shape index (κ3) is 4.07. The summed E-state index contributed by atoms with van der Waals surface area (Å²) >= 11 is 0. The van der Waals surface area contributed by atoms with Crippen molar-refractivity contribution in [1.29, 1.82) is 0 Å². The average molecular weight is 342 g/mol. The first-order valence-electron chi connectivity index (χ1n) is 8.56. The second-order valence-electron chi connectivity index (χ2n) is 6.09. The Labute approximate surface area is 155 Å². The summed E-state index contributed by atoms with van der Waals surface area (Å²) in [7, 11) is 3.29. The molecule has 0 saturated heterocycles. The Bertz CT molecular complexity index is 916. The summed E-state index contributed by atoms with van der Waals surface area (Å²) in [6, 6.07) is 24.5. The van der Waals surface area contributed by atoms with Crippen molar-refractivity contribution >= 4 is 0 Å². The van der Waals surface area contributed by atoms with Gasteiger partial charge < -0.3 is 9.47 Å². The van der Waals surface area contributed by atoms with Gasteiger partial charge in [-0.1, -0.05) is 65.9 Å². The maximum absolute atomic E-state index is 5.47. The molecule has 0 fully saturated rings. The minimum Gasteiger partial charge on any atom is -0.493 e. The predicted molar refractivity (Wildman–Crippen MR) is 106 cm³/mol. The summed E-state index contributed by atoms with van der Waals surface area (Å²) in [6.07, 6.45) is 0. The van der Waals surface area contributed by atoms with Gasteiger partial charge in [0, 0.05) is 5.56 Å². The zero-order valence-electron chi connectivity index (χ0n) is 15.3. The van der Waals surface area contributed by atoms with Crippen LogP contribution in [0.2, 0.25) is 0 Å². The lowest BCUT2D eigenvalue weighted by Gasteiger charge is -2.15.